The molecule has 1 saturated heterocycles. The molecule has 2 aromatic rings. The van der Waals surface area contributed by atoms with Gasteiger partial charge in [-0.05, 0) is 43.5 Å². The Morgan fingerprint density at radius 3 is 2.80 bits per heavy atom. The van der Waals surface area contributed by atoms with Crippen LogP contribution in [0.25, 0.3) is 0 Å². The number of aromatic nitrogens is 2. The van der Waals surface area contributed by atoms with Gasteiger partial charge in [-0.2, -0.15) is 0 Å². The van der Waals surface area contributed by atoms with Crippen molar-refractivity contribution < 1.29 is 9.59 Å². The first-order valence-corrected chi connectivity index (χ1v) is 8.92. The Labute approximate surface area is 146 Å². The van der Waals surface area contributed by atoms with Crippen LogP contribution >= 0.6 is 0 Å². The average molecular weight is 338 g/mol. The van der Waals surface area contributed by atoms with Crippen LogP contribution in [0.5, 0.6) is 0 Å². The number of anilines is 1. The van der Waals surface area contributed by atoms with E-state index in [4.69, 9.17) is 0 Å². The van der Waals surface area contributed by atoms with E-state index in [-0.39, 0.29) is 17.9 Å². The molecule has 0 saturated carbocycles. The summed E-state index contributed by atoms with van der Waals surface area (Å²) in [6.45, 7) is 1.53. The topological polar surface area (TPSA) is 67.2 Å². The number of carbonyl (C=O) groups is 2. The quantitative estimate of drug-likeness (QED) is 0.932. The maximum atomic E-state index is 12.5. The van der Waals surface area contributed by atoms with Crippen molar-refractivity contribution in [1.82, 2.24) is 14.9 Å². The molecule has 0 spiro atoms. The third kappa shape index (κ3) is 3.29. The van der Waals surface area contributed by atoms with Crippen molar-refractivity contribution in [2.75, 3.05) is 11.4 Å². The van der Waals surface area contributed by atoms with E-state index in [1.54, 1.807) is 18.3 Å². The van der Waals surface area contributed by atoms with Gasteiger partial charge in [0.1, 0.15) is 5.82 Å². The smallest absolute Gasteiger partial charge is 0.251 e. The molecule has 0 radical (unpaired) electrons. The first-order valence-electron chi connectivity index (χ1n) is 8.92. The molecule has 0 aliphatic carbocycles. The van der Waals surface area contributed by atoms with Gasteiger partial charge in [0.2, 0.25) is 5.91 Å². The van der Waals surface area contributed by atoms with Crippen LogP contribution in [0.2, 0.25) is 0 Å². The lowest BCUT2D eigenvalue weighted by Crippen LogP contribution is -2.41. The Bertz CT molecular complexity index is 781. The van der Waals surface area contributed by atoms with Crippen molar-refractivity contribution in [3.63, 3.8) is 0 Å². The minimum absolute atomic E-state index is 0.0647. The second-order valence-corrected chi connectivity index (χ2v) is 6.75. The van der Waals surface area contributed by atoms with Crippen molar-refractivity contribution in [3.8, 4) is 0 Å². The van der Waals surface area contributed by atoms with E-state index in [9.17, 15) is 9.59 Å². The van der Waals surface area contributed by atoms with Crippen LogP contribution < -0.4 is 10.2 Å². The van der Waals surface area contributed by atoms with Gasteiger partial charge in [0, 0.05) is 55.6 Å². The molecule has 0 bridgehead atoms. The molecule has 6 nitrogen and oxygen atoms in total. The predicted molar refractivity (Wildman–Crippen MR) is 94.4 cm³/mol. The predicted octanol–water partition coefficient (Wildman–Crippen LogP) is 2.14. The third-order valence-electron chi connectivity index (χ3n) is 5.03. The molecule has 1 atom stereocenters. The van der Waals surface area contributed by atoms with E-state index in [2.05, 4.69) is 14.9 Å². The maximum Gasteiger partial charge on any atom is 0.251 e. The monoisotopic (exact) mass is 338 g/mol. The Morgan fingerprint density at radius 1 is 1.16 bits per heavy atom. The molecule has 2 aliphatic rings. The second kappa shape index (κ2) is 6.70. The first kappa shape index (κ1) is 15.9. The van der Waals surface area contributed by atoms with Crippen molar-refractivity contribution in [3.05, 3.63) is 48.0 Å². The van der Waals surface area contributed by atoms with Crippen LogP contribution in [0.1, 0.15) is 41.9 Å². The molecule has 130 valence electrons. The van der Waals surface area contributed by atoms with E-state index < -0.39 is 0 Å². The molecular formula is C19H22N4O2. The fourth-order valence-corrected chi connectivity index (χ4v) is 3.62. The fourth-order valence-electron chi connectivity index (χ4n) is 3.62. The van der Waals surface area contributed by atoms with Crippen molar-refractivity contribution in [2.24, 2.45) is 0 Å². The van der Waals surface area contributed by atoms with Crippen LogP contribution in [0.15, 0.2) is 36.7 Å². The van der Waals surface area contributed by atoms with E-state index >= 15 is 0 Å². The van der Waals surface area contributed by atoms with Gasteiger partial charge in [-0.1, -0.05) is 0 Å². The van der Waals surface area contributed by atoms with Gasteiger partial charge in [-0.25, -0.2) is 4.98 Å². The van der Waals surface area contributed by atoms with Crippen molar-refractivity contribution in [2.45, 2.75) is 44.7 Å². The summed E-state index contributed by atoms with van der Waals surface area (Å²) < 4.78 is 2.10. The number of fused-ring (bicyclic) bond motifs is 1. The number of rotatable bonds is 3. The number of nitrogens with one attached hydrogen (secondary N) is 1. The fraction of sp³-hybridized carbons (Fsp3) is 0.421. The summed E-state index contributed by atoms with van der Waals surface area (Å²) in [4.78, 5) is 30.6. The highest BCUT2D eigenvalue weighted by atomic mass is 16.2. The number of carbonyl (C=O) groups excluding carboxylic acids is 2. The molecule has 3 heterocycles. The normalized spacial score (nSPS) is 20.2. The van der Waals surface area contributed by atoms with Crippen molar-refractivity contribution >= 4 is 17.5 Å². The van der Waals surface area contributed by atoms with Crippen LogP contribution in [-0.2, 0) is 17.8 Å². The molecule has 2 amide bonds. The van der Waals surface area contributed by atoms with Gasteiger partial charge in [0.05, 0.1) is 0 Å². The Balaban J connectivity index is 1.40. The molecule has 4 rings (SSSR count). The highest BCUT2D eigenvalue weighted by molar-refractivity contribution is 5.97. The van der Waals surface area contributed by atoms with Gasteiger partial charge in [-0.3, -0.25) is 9.59 Å². The van der Waals surface area contributed by atoms with E-state index in [0.717, 1.165) is 50.3 Å². The molecule has 6 heteroatoms. The Kier molecular flexibility index (Phi) is 4.26. The van der Waals surface area contributed by atoms with Gasteiger partial charge in [0.15, 0.2) is 0 Å². The summed E-state index contributed by atoms with van der Waals surface area (Å²) in [7, 11) is 0. The Morgan fingerprint density at radius 2 is 2.00 bits per heavy atom. The molecular weight excluding hydrogens is 316 g/mol. The van der Waals surface area contributed by atoms with Crippen LogP contribution in [0.4, 0.5) is 5.69 Å². The van der Waals surface area contributed by atoms with E-state index in [1.165, 1.54) is 0 Å². The summed E-state index contributed by atoms with van der Waals surface area (Å²) in [5.41, 5.74) is 1.51. The number of nitrogens with zero attached hydrogens (tertiary/aromatic N) is 3. The summed E-state index contributed by atoms with van der Waals surface area (Å²) in [6, 6.07) is 7.47. The SMILES string of the molecule is O=C(N[C@H]1CCc2nccn2C1)c1ccc(N2CCCCC2=O)cc1. The largest absolute Gasteiger partial charge is 0.347 e. The Hall–Kier alpha value is -2.63. The summed E-state index contributed by atoms with van der Waals surface area (Å²) >= 11 is 0. The number of imidazole rings is 1. The molecule has 25 heavy (non-hydrogen) atoms. The average Bonchev–Trinajstić information content (AvgIpc) is 3.10. The number of amides is 2. The lowest BCUT2D eigenvalue weighted by molar-refractivity contribution is -0.119. The number of benzene rings is 1. The molecule has 1 fully saturated rings. The number of piperidine rings is 1. The molecule has 2 aliphatic heterocycles. The molecule has 1 N–H and O–H groups in total. The van der Waals surface area contributed by atoms with Gasteiger partial charge >= 0.3 is 0 Å². The number of hydrogen-bond donors (Lipinski definition) is 1. The highest BCUT2D eigenvalue weighted by Crippen LogP contribution is 2.21. The summed E-state index contributed by atoms with van der Waals surface area (Å²) in [5.74, 6) is 1.19. The lowest BCUT2D eigenvalue weighted by atomic mass is 10.1. The molecule has 0 unspecified atom stereocenters. The van der Waals surface area contributed by atoms with Gasteiger partial charge < -0.3 is 14.8 Å². The zero-order chi connectivity index (χ0) is 17.2. The minimum atomic E-state index is -0.0647. The van der Waals surface area contributed by atoms with Gasteiger partial charge in [0.25, 0.3) is 5.91 Å². The summed E-state index contributed by atoms with van der Waals surface area (Å²) in [5, 5.41) is 3.11. The van der Waals surface area contributed by atoms with E-state index in [1.807, 2.05) is 23.2 Å². The zero-order valence-electron chi connectivity index (χ0n) is 14.1. The van der Waals surface area contributed by atoms with Gasteiger partial charge in [-0.15, -0.1) is 0 Å². The van der Waals surface area contributed by atoms with E-state index in [0.29, 0.717) is 12.0 Å². The third-order valence-corrected chi connectivity index (χ3v) is 5.03. The highest BCUT2D eigenvalue weighted by Gasteiger charge is 2.22. The minimum Gasteiger partial charge on any atom is -0.347 e. The lowest BCUT2D eigenvalue weighted by Gasteiger charge is -2.27. The second-order valence-electron chi connectivity index (χ2n) is 6.75. The van der Waals surface area contributed by atoms with Crippen LogP contribution in [-0.4, -0.2) is 34.0 Å². The standard InChI is InChI=1S/C19H22N4O2/c24-18-3-1-2-11-23(18)16-7-4-14(5-8-16)19(25)21-15-6-9-17-20-10-12-22(17)13-15/h4-5,7-8,10,12,15H,1-3,6,9,11,13H2,(H,21,25)/t15-/m0/s1. The van der Waals surface area contributed by atoms with Crippen molar-refractivity contribution in [1.29, 1.82) is 0 Å². The van der Waals surface area contributed by atoms with Crippen LogP contribution in [0, 0.1) is 0 Å². The summed E-state index contributed by atoms with van der Waals surface area (Å²) in [6.07, 6.45) is 8.16. The molecule has 1 aromatic carbocycles. The number of hydrogen-bond acceptors (Lipinski definition) is 3. The first-order chi connectivity index (χ1) is 12.2. The number of aryl methyl sites for hydroxylation is 1. The maximum absolute atomic E-state index is 12.5. The zero-order valence-corrected chi connectivity index (χ0v) is 14.1. The van der Waals surface area contributed by atoms with Crippen LogP contribution in [0.3, 0.4) is 0 Å². The molecule has 1 aromatic heterocycles.